The van der Waals surface area contributed by atoms with Crippen LogP contribution in [0.1, 0.15) is 40.1 Å². The van der Waals surface area contributed by atoms with Gasteiger partial charge in [-0.2, -0.15) is 0 Å². The Hall–Kier alpha value is -2.44. The molecule has 3 N–H and O–H groups in total. The summed E-state index contributed by atoms with van der Waals surface area (Å²) in [5, 5.41) is 2.70. The minimum absolute atomic E-state index is 0. The molecule has 2 aromatic rings. The van der Waals surface area contributed by atoms with E-state index >= 15 is 0 Å². The zero-order chi connectivity index (χ0) is 20.2. The molecule has 0 heterocycles. The summed E-state index contributed by atoms with van der Waals surface area (Å²) in [6, 6.07) is 10.9. The number of nitrogens with two attached hydrogens (primary N) is 1. The van der Waals surface area contributed by atoms with E-state index in [0.717, 1.165) is 5.56 Å². The number of nitrogens with one attached hydrogen (secondary N) is 1. The van der Waals surface area contributed by atoms with Crippen LogP contribution < -0.4 is 11.1 Å². The van der Waals surface area contributed by atoms with Crippen molar-refractivity contribution < 1.29 is 14.0 Å². The minimum atomic E-state index is -0.613. The highest BCUT2D eigenvalue weighted by atomic mass is 35.5. The molecule has 0 atom stereocenters. The van der Waals surface area contributed by atoms with Crippen LogP contribution in [0.3, 0.4) is 0 Å². The lowest BCUT2D eigenvalue weighted by atomic mass is 9.93. The number of anilines is 1. The minimum Gasteiger partial charge on any atom is -0.341 e. The average Bonchev–Trinajstić information content (AvgIpc) is 2.62. The van der Waals surface area contributed by atoms with Gasteiger partial charge in [0.1, 0.15) is 5.82 Å². The molecule has 5 nitrogen and oxygen atoms in total. The van der Waals surface area contributed by atoms with Crippen LogP contribution in [0.4, 0.5) is 10.1 Å². The van der Waals surface area contributed by atoms with Gasteiger partial charge in [-0.3, -0.25) is 9.59 Å². The van der Waals surface area contributed by atoms with Crippen LogP contribution in [0.5, 0.6) is 0 Å². The molecular formula is C21H27ClFN3O2. The molecule has 2 aromatic carbocycles. The Morgan fingerprint density at radius 1 is 1.11 bits per heavy atom. The van der Waals surface area contributed by atoms with Gasteiger partial charge in [0.05, 0.1) is 16.8 Å². The number of aryl methyl sites for hydroxylation is 1. The summed E-state index contributed by atoms with van der Waals surface area (Å²) in [6.45, 7) is 6.66. The van der Waals surface area contributed by atoms with Crippen LogP contribution in [0.15, 0.2) is 42.5 Å². The van der Waals surface area contributed by atoms with E-state index in [9.17, 15) is 14.0 Å². The van der Waals surface area contributed by atoms with E-state index in [1.165, 1.54) is 18.2 Å². The average molecular weight is 408 g/mol. The predicted molar refractivity (Wildman–Crippen MR) is 113 cm³/mol. The topological polar surface area (TPSA) is 75.4 Å². The zero-order valence-corrected chi connectivity index (χ0v) is 17.4. The van der Waals surface area contributed by atoms with E-state index in [0.29, 0.717) is 24.3 Å². The van der Waals surface area contributed by atoms with Gasteiger partial charge in [-0.15, -0.1) is 12.4 Å². The zero-order valence-electron chi connectivity index (χ0n) is 16.6. The van der Waals surface area contributed by atoms with E-state index in [2.05, 4.69) is 5.32 Å². The van der Waals surface area contributed by atoms with Crippen molar-refractivity contribution >= 4 is 29.9 Å². The number of hydrogen-bond donors (Lipinski definition) is 2. The molecule has 0 aromatic heterocycles. The van der Waals surface area contributed by atoms with Crippen molar-refractivity contribution in [3.63, 3.8) is 0 Å². The van der Waals surface area contributed by atoms with Crippen LogP contribution in [0.2, 0.25) is 0 Å². The summed E-state index contributed by atoms with van der Waals surface area (Å²) in [5.74, 6) is -1.44. The molecule has 0 aliphatic rings. The summed E-state index contributed by atoms with van der Waals surface area (Å²) in [6.07, 6.45) is 0. The van der Waals surface area contributed by atoms with Crippen molar-refractivity contribution in [1.29, 1.82) is 0 Å². The molecule has 0 radical (unpaired) electrons. The Labute approximate surface area is 171 Å². The first-order valence-corrected chi connectivity index (χ1v) is 8.77. The Morgan fingerprint density at radius 2 is 1.71 bits per heavy atom. The fraction of sp³-hybridized carbons (Fsp3) is 0.333. The third kappa shape index (κ3) is 5.53. The number of halogens is 2. The molecule has 0 aliphatic heterocycles. The summed E-state index contributed by atoms with van der Waals surface area (Å²) >= 11 is 0. The summed E-state index contributed by atoms with van der Waals surface area (Å²) in [5.41, 5.74) is 6.92. The number of hydrogen-bond acceptors (Lipinski definition) is 3. The first-order chi connectivity index (χ1) is 12.7. The van der Waals surface area contributed by atoms with Gasteiger partial charge in [-0.25, -0.2) is 4.39 Å². The summed E-state index contributed by atoms with van der Waals surface area (Å²) < 4.78 is 13.9. The van der Waals surface area contributed by atoms with Gasteiger partial charge >= 0.3 is 0 Å². The SMILES string of the molecule is Cc1cccc(C(=O)N(C)CC(C)(C)CN)c1NC(=O)c1ccccc1F.Cl. The summed E-state index contributed by atoms with van der Waals surface area (Å²) in [7, 11) is 1.70. The molecule has 2 rings (SSSR count). The second-order valence-corrected chi connectivity index (χ2v) is 7.46. The second kappa shape index (κ2) is 9.66. The van der Waals surface area contributed by atoms with Crippen LogP contribution in [0, 0.1) is 18.2 Å². The number of amides is 2. The highest BCUT2D eigenvalue weighted by Gasteiger charge is 2.24. The van der Waals surface area contributed by atoms with Crippen molar-refractivity contribution in [3.8, 4) is 0 Å². The lowest BCUT2D eigenvalue weighted by Crippen LogP contribution is -2.40. The Morgan fingerprint density at radius 3 is 2.32 bits per heavy atom. The number of para-hydroxylation sites is 1. The normalized spacial score (nSPS) is 10.8. The molecule has 0 bridgehead atoms. The first-order valence-electron chi connectivity index (χ1n) is 8.77. The van der Waals surface area contributed by atoms with Gasteiger partial charge in [0.25, 0.3) is 11.8 Å². The van der Waals surface area contributed by atoms with Crippen LogP contribution in [-0.2, 0) is 0 Å². The number of benzene rings is 2. The van der Waals surface area contributed by atoms with Crippen molar-refractivity contribution in [1.82, 2.24) is 4.90 Å². The fourth-order valence-corrected chi connectivity index (χ4v) is 2.82. The summed E-state index contributed by atoms with van der Waals surface area (Å²) in [4.78, 5) is 27.1. The molecule has 0 aliphatic carbocycles. The molecule has 152 valence electrons. The molecule has 2 amide bonds. The molecule has 0 fully saturated rings. The van der Waals surface area contributed by atoms with Crippen LogP contribution in [-0.4, -0.2) is 36.9 Å². The number of carbonyl (C=O) groups excluding carboxylic acids is 2. The van der Waals surface area contributed by atoms with Gasteiger partial charge in [-0.05, 0) is 42.6 Å². The van der Waals surface area contributed by atoms with Gasteiger partial charge < -0.3 is 16.0 Å². The monoisotopic (exact) mass is 407 g/mol. The maximum absolute atomic E-state index is 13.9. The Balaban J connectivity index is 0.00000392. The number of carbonyl (C=O) groups is 2. The van der Waals surface area contributed by atoms with Gasteiger partial charge in [0, 0.05) is 13.6 Å². The molecule has 0 saturated heterocycles. The van der Waals surface area contributed by atoms with Crippen molar-refractivity contribution in [2.24, 2.45) is 11.1 Å². The maximum atomic E-state index is 13.9. The highest BCUT2D eigenvalue weighted by Crippen LogP contribution is 2.24. The standard InChI is InChI=1S/C21H26FN3O2.ClH/c1-14-8-7-10-16(20(27)25(4)13-21(2,3)12-23)18(14)24-19(26)15-9-5-6-11-17(15)22;/h5-11H,12-13,23H2,1-4H3,(H,24,26);1H. The van der Waals surface area contributed by atoms with E-state index < -0.39 is 11.7 Å². The molecule has 0 saturated carbocycles. The molecule has 0 spiro atoms. The van der Waals surface area contributed by atoms with Crippen LogP contribution in [0.25, 0.3) is 0 Å². The third-order valence-electron chi connectivity index (χ3n) is 4.42. The van der Waals surface area contributed by atoms with Gasteiger partial charge in [0.2, 0.25) is 0 Å². The lowest BCUT2D eigenvalue weighted by Gasteiger charge is -2.29. The number of nitrogens with zero attached hydrogens (tertiary/aromatic N) is 1. The molecule has 0 unspecified atom stereocenters. The third-order valence-corrected chi connectivity index (χ3v) is 4.42. The Kier molecular flexibility index (Phi) is 8.14. The van der Waals surface area contributed by atoms with E-state index in [1.54, 1.807) is 43.1 Å². The van der Waals surface area contributed by atoms with Crippen molar-refractivity contribution in [2.75, 3.05) is 25.5 Å². The molecule has 7 heteroatoms. The largest absolute Gasteiger partial charge is 0.341 e. The number of rotatable bonds is 6. The van der Waals surface area contributed by atoms with E-state index in [-0.39, 0.29) is 29.3 Å². The van der Waals surface area contributed by atoms with Crippen LogP contribution >= 0.6 is 12.4 Å². The first kappa shape index (κ1) is 23.6. The predicted octanol–water partition coefficient (Wildman–Crippen LogP) is 3.87. The maximum Gasteiger partial charge on any atom is 0.258 e. The Bertz CT molecular complexity index is 855. The second-order valence-electron chi connectivity index (χ2n) is 7.46. The lowest BCUT2D eigenvalue weighted by molar-refractivity contribution is 0.0741. The fourth-order valence-electron chi connectivity index (χ4n) is 2.82. The molecular weight excluding hydrogens is 381 g/mol. The van der Waals surface area contributed by atoms with E-state index in [1.807, 2.05) is 13.8 Å². The van der Waals surface area contributed by atoms with Gasteiger partial charge in [-0.1, -0.05) is 38.1 Å². The van der Waals surface area contributed by atoms with Crippen molar-refractivity contribution in [2.45, 2.75) is 20.8 Å². The quantitative estimate of drug-likeness (QED) is 0.763. The van der Waals surface area contributed by atoms with E-state index in [4.69, 9.17) is 5.73 Å². The highest BCUT2D eigenvalue weighted by molar-refractivity contribution is 6.09. The van der Waals surface area contributed by atoms with Gasteiger partial charge in [0.15, 0.2) is 0 Å². The smallest absolute Gasteiger partial charge is 0.258 e. The molecule has 28 heavy (non-hydrogen) atoms. The van der Waals surface area contributed by atoms with Crippen molar-refractivity contribution in [3.05, 3.63) is 65.0 Å².